The fourth-order valence-corrected chi connectivity index (χ4v) is 9.19. The van der Waals surface area contributed by atoms with Crippen molar-refractivity contribution in [1.82, 2.24) is 9.55 Å². The molecule has 0 unspecified atom stereocenters. The highest BCUT2D eigenvalue weighted by atomic mass is 15.2. The molecule has 0 bridgehead atoms. The highest BCUT2D eigenvalue weighted by Crippen LogP contribution is 2.52. The Balaban J connectivity index is 1.04. The van der Waals surface area contributed by atoms with Crippen LogP contribution < -0.4 is 9.80 Å². The van der Waals surface area contributed by atoms with Gasteiger partial charge in [-0.15, -0.1) is 0 Å². The van der Waals surface area contributed by atoms with E-state index >= 15 is 0 Å². The quantitative estimate of drug-likeness (QED) is 0.154. The van der Waals surface area contributed by atoms with Gasteiger partial charge in [-0.25, -0.2) is 4.98 Å². The Hall–Kier alpha value is -7.69. The summed E-state index contributed by atoms with van der Waals surface area (Å²) in [5.41, 5.74) is 15.9. The van der Waals surface area contributed by atoms with E-state index < -0.39 is 0 Å². The molecule has 0 N–H and O–H groups in total. The number of fused-ring (bicyclic) bond motifs is 5. The molecule has 286 valence electrons. The highest BCUT2D eigenvalue weighted by Gasteiger charge is 2.37. The van der Waals surface area contributed by atoms with Crippen molar-refractivity contribution in [1.29, 1.82) is 0 Å². The van der Waals surface area contributed by atoms with Crippen LogP contribution in [0.15, 0.2) is 218 Å². The molecular weight excluding hydrogens is 729 g/mol. The standard InChI is InChI=1S/C56H42N4/c1-56(2)51-35-41-33-48(59(44-25-14-6-15-26-44)47-30-18-29-46(36-47)58(42-21-10-4-11-22-42)43-23-12-5-13-24-43)32-31-40(41)34-49(51)50-37-54-53(38-52(50)56)57-55(39-19-8-3-9-20-39)60(54)45-27-16-7-17-28-45/h3-38H,1-2H3. The van der Waals surface area contributed by atoms with E-state index in [4.69, 9.17) is 4.98 Å². The van der Waals surface area contributed by atoms with Crippen LogP contribution in [0.25, 0.3) is 50.0 Å². The SMILES string of the molecule is CC1(C)c2cc3cc(N(c4ccccc4)c4cccc(N(c5ccccc5)c5ccccc5)c4)ccc3cc2-c2cc3c(cc21)nc(-c1ccccc1)n3-c1ccccc1. The average Bonchev–Trinajstić information content (AvgIpc) is 3.78. The van der Waals surface area contributed by atoms with Crippen LogP contribution in [0.1, 0.15) is 25.0 Å². The molecule has 4 nitrogen and oxygen atoms in total. The molecule has 0 aliphatic heterocycles. The monoisotopic (exact) mass is 770 g/mol. The predicted octanol–water partition coefficient (Wildman–Crippen LogP) is 15.1. The van der Waals surface area contributed by atoms with Crippen LogP contribution in [-0.4, -0.2) is 9.55 Å². The molecule has 9 aromatic carbocycles. The van der Waals surface area contributed by atoms with Crippen molar-refractivity contribution in [3.63, 3.8) is 0 Å². The minimum atomic E-state index is -0.224. The van der Waals surface area contributed by atoms with E-state index in [2.05, 4.69) is 247 Å². The minimum absolute atomic E-state index is 0.224. The van der Waals surface area contributed by atoms with Gasteiger partial charge in [0.2, 0.25) is 0 Å². The molecule has 60 heavy (non-hydrogen) atoms. The molecule has 1 aliphatic carbocycles. The molecule has 1 aromatic heterocycles. The lowest BCUT2D eigenvalue weighted by Crippen LogP contribution is -2.15. The maximum Gasteiger partial charge on any atom is 0.145 e. The minimum Gasteiger partial charge on any atom is -0.310 e. The Morgan fingerprint density at radius 3 is 1.48 bits per heavy atom. The first-order chi connectivity index (χ1) is 29.5. The zero-order chi connectivity index (χ0) is 40.2. The largest absolute Gasteiger partial charge is 0.310 e. The van der Waals surface area contributed by atoms with Gasteiger partial charge < -0.3 is 9.80 Å². The molecule has 0 radical (unpaired) electrons. The molecule has 0 spiro atoms. The lowest BCUT2D eigenvalue weighted by atomic mass is 9.81. The molecule has 1 heterocycles. The molecular formula is C56H42N4. The predicted molar refractivity (Wildman–Crippen MR) is 251 cm³/mol. The van der Waals surface area contributed by atoms with Crippen molar-refractivity contribution >= 4 is 55.9 Å². The molecule has 11 rings (SSSR count). The van der Waals surface area contributed by atoms with Gasteiger partial charge in [-0.1, -0.05) is 129 Å². The van der Waals surface area contributed by atoms with Crippen LogP contribution >= 0.6 is 0 Å². The molecule has 10 aromatic rings. The fraction of sp³-hybridized carbons (Fsp3) is 0.0536. The second-order valence-corrected chi connectivity index (χ2v) is 16.1. The number of para-hydroxylation sites is 4. The van der Waals surface area contributed by atoms with Crippen LogP contribution in [0.4, 0.5) is 34.1 Å². The highest BCUT2D eigenvalue weighted by molar-refractivity contribution is 5.99. The maximum absolute atomic E-state index is 5.31. The Morgan fingerprint density at radius 1 is 0.400 bits per heavy atom. The van der Waals surface area contributed by atoms with Gasteiger partial charge in [-0.2, -0.15) is 0 Å². The van der Waals surface area contributed by atoms with Crippen molar-refractivity contribution in [2.45, 2.75) is 19.3 Å². The zero-order valence-corrected chi connectivity index (χ0v) is 33.6. The third-order valence-electron chi connectivity index (χ3n) is 12.1. The molecule has 0 amide bonds. The van der Waals surface area contributed by atoms with Gasteiger partial charge >= 0.3 is 0 Å². The third kappa shape index (κ3) is 5.96. The Morgan fingerprint density at radius 2 is 0.883 bits per heavy atom. The first-order valence-corrected chi connectivity index (χ1v) is 20.6. The van der Waals surface area contributed by atoms with Gasteiger partial charge in [0.15, 0.2) is 0 Å². The summed E-state index contributed by atoms with van der Waals surface area (Å²) in [7, 11) is 0. The number of hydrogen-bond donors (Lipinski definition) is 0. The van der Waals surface area contributed by atoms with Crippen molar-refractivity contribution in [2.75, 3.05) is 9.80 Å². The summed E-state index contributed by atoms with van der Waals surface area (Å²) >= 11 is 0. The summed E-state index contributed by atoms with van der Waals surface area (Å²) in [6.45, 7) is 4.72. The van der Waals surface area contributed by atoms with E-state index in [1.807, 2.05) is 0 Å². The summed E-state index contributed by atoms with van der Waals surface area (Å²) in [4.78, 5) is 10.0. The molecule has 0 fully saturated rings. The van der Waals surface area contributed by atoms with Crippen LogP contribution in [0.2, 0.25) is 0 Å². The number of rotatable bonds is 8. The summed E-state index contributed by atoms with van der Waals surface area (Å²) in [6, 6.07) is 78.3. The second-order valence-electron chi connectivity index (χ2n) is 16.1. The third-order valence-corrected chi connectivity index (χ3v) is 12.1. The van der Waals surface area contributed by atoms with Crippen LogP contribution in [0.5, 0.6) is 0 Å². The number of benzene rings is 9. The van der Waals surface area contributed by atoms with Gasteiger partial charge in [0.05, 0.1) is 11.0 Å². The fourth-order valence-electron chi connectivity index (χ4n) is 9.19. The average molecular weight is 771 g/mol. The van der Waals surface area contributed by atoms with E-state index in [-0.39, 0.29) is 5.41 Å². The second kappa shape index (κ2) is 14.3. The Kier molecular flexibility index (Phi) is 8.45. The molecule has 0 atom stereocenters. The van der Waals surface area contributed by atoms with E-state index in [1.54, 1.807) is 0 Å². The zero-order valence-electron chi connectivity index (χ0n) is 33.6. The van der Waals surface area contributed by atoms with E-state index in [1.165, 1.54) is 33.0 Å². The number of nitrogens with zero attached hydrogens (tertiary/aromatic N) is 4. The van der Waals surface area contributed by atoms with Crippen molar-refractivity contribution in [2.24, 2.45) is 0 Å². The number of anilines is 6. The molecule has 1 aliphatic rings. The first-order valence-electron chi connectivity index (χ1n) is 20.6. The van der Waals surface area contributed by atoms with Gasteiger partial charge in [0.1, 0.15) is 5.82 Å². The first kappa shape index (κ1) is 35.5. The summed E-state index contributed by atoms with van der Waals surface area (Å²) in [5, 5.41) is 2.42. The number of imidazole rings is 1. The number of hydrogen-bond acceptors (Lipinski definition) is 3. The Bertz CT molecular complexity index is 3120. The topological polar surface area (TPSA) is 24.3 Å². The molecule has 4 heteroatoms. The van der Waals surface area contributed by atoms with E-state index in [0.29, 0.717) is 0 Å². The lowest BCUT2D eigenvalue weighted by Gasteiger charge is -2.29. The van der Waals surface area contributed by atoms with Crippen molar-refractivity contribution in [3.8, 4) is 28.2 Å². The van der Waals surface area contributed by atoms with E-state index in [9.17, 15) is 0 Å². The van der Waals surface area contributed by atoms with Gasteiger partial charge in [0, 0.05) is 50.8 Å². The molecule has 0 saturated carbocycles. The molecule has 0 saturated heterocycles. The van der Waals surface area contributed by atoms with Crippen LogP contribution in [0.3, 0.4) is 0 Å². The van der Waals surface area contributed by atoms with Crippen LogP contribution in [0, 0.1) is 0 Å². The van der Waals surface area contributed by atoms with Crippen molar-refractivity contribution in [3.05, 3.63) is 230 Å². The summed E-state index contributed by atoms with van der Waals surface area (Å²) < 4.78 is 2.31. The smallest absolute Gasteiger partial charge is 0.145 e. The van der Waals surface area contributed by atoms with Gasteiger partial charge in [0.25, 0.3) is 0 Å². The lowest BCUT2D eigenvalue weighted by molar-refractivity contribution is 0.662. The summed E-state index contributed by atoms with van der Waals surface area (Å²) in [5.74, 6) is 0.950. The normalized spacial score (nSPS) is 12.6. The van der Waals surface area contributed by atoms with Gasteiger partial charge in [-0.05, 0) is 136 Å². The summed E-state index contributed by atoms with van der Waals surface area (Å²) in [6.07, 6.45) is 0. The maximum atomic E-state index is 5.31. The Labute approximate surface area is 350 Å². The van der Waals surface area contributed by atoms with Crippen LogP contribution in [-0.2, 0) is 5.41 Å². The van der Waals surface area contributed by atoms with Crippen molar-refractivity contribution < 1.29 is 0 Å². The van der Waals surface area contributed by atoms with Gasteiger partial charge in [-0.3, -0.25) is 4.57 Å². The number of aromatic nitrogens is 2. The van der Waals surface area contributed by atoms with E-state index in [0.717, 1.165) is 62.2 Å².